The number of nitrogens with one attached hydrogen (secondary N) is 2. The lowest BCUT2D eigenvalue weighted by Crippen LogP contribution is -2.35. The van der Waals surface area contributed by atoms with E-state index in [4.69, 9.17) is 30.9 Å². The second-order valence-corrected chi connectivity index (χ2v) is 9.70. The van der Waals surface area contributed by atoms with E-state index in [0.29, 0.717) is 34.5 Å². The third kappa shape index (κ3) is 6.67. The zero-order chi connectivity index (χ0) is 29.1. The van der Waals surface area contributed by atoms with E-state index in [2.05, 4.69) is 15.6 Å². The van der Waals surface area contributed by atoms with Gasteiger partial charge in [-0.2, -0.15) is 0 Å². The molecule has 2 amide bonds. The monoisotopic (exact) mass is 605 g/mol. The molecule has 3 N–H and O–H groups in total. The Bertz CT molecular complexity index is 1680. The number of fused-ring (bicyclic) bond motifs is 1. The fraction of sp³-hybridized carbons (Fsp3) is 0.172. The Morgan fingerprint density at radius 1 is 0.952 bits per heavy atom. The number of nitrogens with zero attached hydrogens (tertiary/aromatic N) is 1. The minimum Gasteiger partial charge on any atom is -0.493 e. The third-order valence-electron chi connectivity index (χ3n) is 6.45. The number of methoxy groups -OCH3 is 1. The molecule has 5 rings (SSSR count). The number of hydrogen-bond donors (Lipinski definition) is 3. The highest BCUT2D eigenvalue weighted by molar-refractivity contribution is 6.31. The second kappa shape index (κ2) is 12.8. The van der Waals surface area contributed by atoms with E-state index in [-0.39, 0.29) is 51.7 Å². The van der Waals surface area contributed by atoms with Gasteiger partial charge in [-0.05, 0) is 55.3 Å². The fourth-order valence-electron chi connectivity index (χ4n) is 4.16. The number of carboxylic acid groups (broad SMARTS) is 1. The molecule has 0 bridgehead atoms. The van der Waals surface area contributed by atoms with Crippen molar-refractivity contribution in [2.45, 2.75) is 12.8 Å². The largest absolute Gasteiger partial charge is 0.493 e. The summed E-state index contributed by atoms with van der Waals surface area (Å²) in [6, 6.07) is 15.1. The molecule has 0 saturated heterocycles. The summed E-state index contributed by atoms with van der Waals surface area (Å²) in [5, 5.41) is 15.1. The molecule has 0 atom stereocenters. The van der Waals surface area contributed by atoms with Gasteiger partial charge < -0.3 is 30.0 Å². The molecule has 4 aromatic rings. The first-order valence-electron chi connectivity index (χ1n) is 12.4. The van der Waals surface area contributed by atoms with E-state index < -0.39 is 35.6 Å². The van der Waals surface area contributed by atoms with Crippen molar-refractivity contribution in [3.8, 4) is 23.0 Å². The molecular formula is C29H25ClFMgN3O7. The zero-order valence-electron chi connectivity index (χ0n) is 21.6. The summed E-state index contributed by atoms with van der Waals surface area (Å²) >= 11 is 5.97. The molecule has 1 saturated carbocycles. The van der Waals surface area contributed by atoms with Gasteiger partial charge in [0.25, 0.3) is 0 Å². The zero-order valence-corrected chi connectivity index (χ0v) is 22.3. The molecule has 1 heterocycles. The Labute approximate surface area is 260 Å². The second-order valence-electron chi connectivity index (χ2n) is 9.26. The summed E-state index contributed by atoms with van der Waals surface area (Å²) in [5.41, 5.74) is -0.225. The molecule has 0 radical (unpaired) electrons. The minimum absolute atomic E-state index is 0. The van der Waals surface area contributed by atoms with Gasteiger partial charge in [0.05, 0.1) is 12.6 Å². The molecule has 1 aliphatic rings. The topological polar surface area (TPSA) is 136 Å². The molecule has 1 fully saturated rings. The first-order valence-corrected chi connectivity index (χ1v) is 12.7. The summed E-state index contributed by atoms with van der Waals surface area (Å²) in [6.07, 6.45) is 2.16. The number of aromatic nitrogens is 1. The van der Waals surface area contributed by atoms with Crippen molar-refractivity contribution in [3.63, 3.8) is 0 Å². The van der Waals surface area contributed by atoms with E-state index in [9.17, 15) is 14.4 Å². The summed E-state index contributed by atoms with van der Waals surface area (Å²) in [6.45, 7) is -0.570. The van der Waals surface area contributed by atoms with E-state index in [1.165, 1.54) is 37.6 Å². The molecule has 1 aromatic heterocycles. The molecular weight excluding hydrogens is 581 g/mol. The standard InChI is InChI=1S/C29H23ClFN3O7.Mg.2H/c1-39-24-13-19-21(14-25(24)40-15-26(35)36)32-10-7-22(19)41-23-6-5-18(12-20(23)31)34-28(38)29(8-9-29)27(37)33-17-4-2-3-16(30)11-17;;;/h2-7,10-14H,8-9,15H2,1H3,(H,33,37)(H,34,38)(H,35,36);;;. The number of amides is 2. The maximum Gasteiger partial charge on any atom is 0.341 e. The van der Waals surface area contributed by atoms with Crippen LogP contribution in [0.2, 0.25) is 5.02 Å². The number of carbonyl (C=O) groups is 3. The predicted octanol–water partition coefficient (Wildman–Crippen LogP) is 4.73. The van der Waals surface area contributed by atoms with Gasteiger partial charge in [0.15, 0.2) is 29.7 Å². The Hall–Kier alpha value is -4.13. The highest BCUT2D eigenvalue weighted by atomic mass is 35.5. The molecule has 13 heteroatoms. The maximum absolute atomic E-state index is 15.1. The lowest BCUT2D eigenvalue weighted by Gasteiger charge is -2.16. The van der Waals surface area contributed by atoms with Crippen molar-refractivity contribution in [2.75, 3.05) is 24.4 Å². The Kier molecular flexibility index (Phi) is 9.39. The number of benzene rings is 3. The first-order chi connectivity index (χ1) is 19.7. The SMILES string of the molecule is COc1cc2c(Oc3ccc(NC(=O)C4(C(=O)Nc5cccc(Cl)c5)CC4)cc3F)ccnc2cc1OCC(=O)O.[MgH2]. The quantitative estimate of drug-likeness (QED) is 0.174. The van der Waals surface area contributed by atoms with Crippen molar-refractivity contribution >= 4 is 74.7 Å². The average molecular weight is 606 g/mol. The number of hydrogen-bond acceptors (Lipinski definition) is 7. The van der Waals surface area contributed by atoms with Gasteiger partial charge in [-0.1, -0.05) is 17.7 Å². The van der Waals surface area contributed by atoms with Crippen molar-refractivity contribution in [1.29, 1.82) is 0 Å². The van der Waals surface area contributed by atoms with E-state index in [1.807, 2.05) is 0 Å². The van der Waals surface area contributed by atoms with Crippen LogP contribution >= 0.6 is 11.6 Å². The smallest absolute Gasteiger partial charge is 0.341 e. The summed E-state index contributed by atoms with van der Waals surface area (Å²) < 4.78 is 31.5. The van der Waals surface area contributed by atoms with Gasteiger partial charge in [-0.25, -0.2) is 9.18 Å². The van der Waals surface area contributed by atoms with Crippen LogP contribution in [0.4, 0.5) is 15.8 Å². The molecule has 0 spiro atoms. The van der Waals surface area contributed by atoms with Gasteiger partial charge in [-0.3, -0.25) is 14.6 Å². The Morgan fingerprint density at radius 3 is 2.29 bits per heavy atom. The number of anilines is 2. The van der Waals surface area contributed by atoms with Gasteiger partial charge >= 0.3 is 29.0 Å². The van der Waals surface area contributed by atoms with Crippen LogP contribution in [0.25, 0.3) is 10.9 Å². The van der Waals surface area contributed by atoms with Crippen molar-refractivity contribution < 1.29 is 38.1 Å². The van der Waals surface area contributed by atoms with Crippen LogP contribution in [0.5, 0.6) is 23.0 Å². The van der Waals surface area contributed by atoms with Crippen LogP contribution in [-0.2, 0) is 14.4 Å². The summed E-state index contributed by atoms with van der Waals surface area (Å²) in [7, 11) is 1.39. The number of rotatable bonds is 10. The van der Waals surface area contributed by atoms with E-state index >= 15 is 4.39 Å². The summed E-state index contributed by atoms with van der Waals surface area (Å²) in [5.74, 6) is -2.37. The van der Waals surface area contributed by atoms with Crippen molar-refractivity contribution in [2.24, 2.45) is 5.41 Å². The summed E-state index contributed by atoms with van der Waals surface area (Å²) in [4.78, 5) is 41.0. The number of carbonyl (C=O) groups excluding carboxylic acids is 2. The molecule has 42 heavy (non-hydrogen) atoms. The predicted molar refractivity (Wildman–Crippen MR) is 157 cm³/mol. The number of ether oxygens (including phenoxy) is 3. The molecule has 214 valence electrons. The van der Waals surface area contributed by atoms with Gasteiger partial charge in [-0.15, -0.1) is 0 Å². The third-order valence-corrected chi connectivity index (χ3v) is 6.68. The van der Waals surface area contributed by atoms with Crippen LogP contribution in [-0.4, -0.2) is 64.6 Å². The molecule has 0 aliphatic heterocycles. The lowest BCUT2D eigenvalue weighted by molar-refractivity contribution is -0.139. The van der Waals surface area contributed by atoms with Crippen molar-refractivity contribution in [1.82, 2.24) is 4.98 Å². The van der Waals surface area contributed by atoms with Gasteiger partial charge in [0.1, 0.15) is 11.2 Å². The number of carboxylic acids is 1. The Balaban J connectivity index is 0.00000405. The average Bonchev–Trinajstić information content (AvgIpc) is 3.75. The normalized spacial score (nSPS) is 12.9. The van der Waals surface area contributed by atoms with Crippen LogP contribution in [0.3, 0.4) is 0 Å². The van der Waals surface area contributed by atoms with Crippen LogP contribution < -0.4 is 24.8 Å². The highest BCUT2D eigenvalue weighted by Gasteiger charge is 2.56. The molecule has 0 unspecified atom stereocenters. The molecule has 3 aromatic carbocycles. The van der Waals surface area contributed by atoms with Crippen LogP contribution in [0.15, 0.2) is 66.9 Å². The number of aliphatic carboxylic acids is 1. The van der Waals surface area contributed by atoms with Gasteiger partial charge in [0.2, 0.25) is 11.8 Å². The van der Waals surface area contributed by atoms with E-state index in [0.717, 1.165) is 6.07 Å². The number of halogens is 2. The molecule has 10 nitrogen and oxygen atoms in total. The number of pyridine rings is 1. The maximum atomic E-state index is 15.1. The van der Waals surface area contributed by atoms with Crippen LogP contribution in [0.1, 0.15) is 12.8 Å². The Morgan fingerprint density at radius 2 is 1.67 bits per heavy atom. The van der Waals surface area contributed by atoms with Crippen LogP contribution in [0, 0.1) is 11.2 Å². The molecule has 1 aliphatic carbocycles. The lowest BCUT2D eigenvalue weighted by atomic mass is 10.0. The van der Waals surface area contributed by atoms with Crippen molar-refractivity contribution in [3.05, 3.63) is 77.7 Å². The van der Waals surface area contributed by atoms with Gasteiger partial charge in [0, 0.05) is 40.1 Å². The fourth-order valence-corrected chi connectivity index (χ4v) is 4.35. The minimum atomic E-state index is -1.25. The van der Waals surface area contributed by atoms with E-state index in [1.54, 1.807) is 30.3 Å². The first kappa shape index (κ1) is 30.8. The highest BCUT2D eigenvalue weighted by Crippen LogP contribution is 2.48.